The molecule has 2 rings (SSSR count). The predicted molar refractivity (Wildman–Crippen MR) is 51.8 cm³/mol. The fourth-order valence-electron chi connectivity index (χ4n) is 1.44. The molecule has 4 nitrogen and oxygen atoms in total. The van der Waals surface area contributed by atoms with Crippen molar-refractivity contribution in [1.29, 1.82) is 0 Å². The maximum absolute atomic E-state index is 11.2. The first-order valence-electron chi connectivity index (χ1n) is 3.91. The van der Waals surface area contributed by atoms with Gasteiger partial charge in [0.2, 0.25) is 0 Å². The third kappa shape index (κ3) is 1.73. The average Bonchev–Trinajstić information content (AvgIpc) is 2.41. The molecule has 1 aliphatic heterocycles. The normalized spacial score (nSPS) is 20.8. The Labute approximate surface area is 84.2 Å². The number of rotatable bonds is 1. The highest BCUT2D eigenvalue weighted by atomic mass is 32.2. The van der Waals surface area contributed by atoms with Gasteiger partial charge in [-0.1, -0.05) is 6.07 Å². The van der Waals surface area contributed by atoms with Crippen LogP contribution in [0.3, 0.4) is 0 Å². The molecule has 1 aliphatic rings. The van der Waals surface area contributed by atoms with E-state index in [0.717, 1.165) is 11.1 Å². The molecule has 1 N–H and O–H groups in total. The van der Waals surface area contributed by atoms with Crippen molar-refractivity contribution in [2.45, 2.75) is 16.4 Å². The van der Waals surface area contributed by atoms with Gasteiger partial charge < -0.3 is 0 Å². The zero-order valence-corrected chi connectivity index (χ0v) is 8.77. The number of benzene rings is 1. The van der Waals surface area contributed by atoms with Crippen molar-refractivity contribution in [3.8, 4) is 0 Å². The zero-order chi connectivity index (χ0) is 10.3. The van der Waals surface area contributed by atoms with Gasteiger partial charge in [0, 0.05) is 22.3 Å². The summed E-state index contributed by atoms with van der Waals surface area (Å²) in [5, 5.41) is 0. The second-order valence-electron chi connectivity index (χ2n) is 3.13. The van der Waals surface area contributed by atoms with Gasteiger partial charge >= 0.3 is 0 Å². The predicted octanol–water partition coefficient (Wildman–Crippen LogP) is 0.696. The van der Waals surface area contributed by atoms with Gasteiger partial charge in [0.1, 0.15) is 0 Å². The van der Waals surface area contributed by atoms with Crippen LogP contribution in [0.25, 0.3) is 0 Å². The van der Waals surface area contributed by atoms with Gasteiger partial charge in [0.25, 0.3) is 10.1 Å². The van der Waals surface area contributed by atoms with Gasteiger partial charge in [0.05, 0.1) is 4.90 Å². The maximum atomic E-state index is 11.2. The van der Waals surface area contributed by atoms with E-state index in [1.807, 2.05) is 0 Å². The zero-order valence-electron chi connectivity index (χ0n) is 7.13. The van der Waals surface area contributed by atoms with Crippen LogP contribution in [0.4, 0.5) is 0 Å². The quantitative estimate of drug-likeness (QED) is 0.723. The molecule has 0 saturated heterocycles. The molecule has 0 saturated carbocycles. The van der Waals surface area contributed by atoms with Crippen LogP contribution >= 0.6 is 0 Å². The summed E-state index contributed by atoms with van der Waals surface area (Å²) in [6.07, 6.45) is 0. The highest BCUT2D eigenvalue weighted by Gasteiger charge is 2.19. The van der Waals surface area contributed by atoms with E-state index in [2.05, 4.69) is 0 Å². The van der Waals surface area contributed by atoms with Gasteiger partial charge in [-0.25, -0.2) is 0 Å². The molecule has 0 spiro atoms. The van der Waals surface area contributed by atoms with Gasteiger partial charge in [0.15, 0.2) is 0 Å². The first kappa shape index (κ1) is 9.82. The molecule has 14 heavy (non-hydrogen) atoms. The van der Waals surface area contributed by atoms with Gasteiger partial charge in [-0.2, -0.15) is 8.42 Å². The molecule has 0 fully saturated rings. The molecule has 0 radical (unpaired) electrons. The lowest BCUT2D eigenvalue weighted by atomic mass is 10.1. The molecule has 76 valence electrons. The van der Waals surface area contributed by atoms with E-state index < -0.39 is 20.9 Å². The van der Waals surface area contributed by atoms with E-state index in [0.29, 0.717) is 11.5 Å². The molecule has 0 bridgehead atoms. The minimum atomic E-state index is -4.14. The molecular formula is C8H8O4S2. The summed E-state index contributed by atoms with van der Waals surface area (Å²) in [5.74, 6) is 0.847. The minimum absolute atomic E-state index is 0.129. The summed E-state index contributed by atoms with van der Waals surface area (Å²) in [5.41, 5.74) is 1.65. The third-order valence-corrected chi connectivity index (χ3v) is 4.22. The summed E-state index contributed by atoms with van der Waals surface area (Å²) in [6.45, 7) is 0. The Morgan fingerprint density at radius 1 is 1.21 bits per heavy atom. The molecule has 0 aliphatic carbocycles. The Hall–Kier alpha value is -0.720. The number of hydrogen-bond donors (Lipinski definition) is 1. The van der Waals surface area contributed by atoms with E-state index >= 15 is 0 Å². The molecule has 0 aromatic heterocycles. The Balaban J connectivity index is 2.53. The molecule has 0 amide bonds. The van der Waals surface area contributed by atoms with Gasteiger partial charge in [-0.05, 0) is 23.3 Å². The first-order chi connectivity index (χ1) is 6.47. The molecule has 6 heteroatoms. The van der Waals surface area contributed by atoms with Crippen molar-refractivity contribution >= 4 is 20.9 Å². The molecule has 1 unspecified atom stereocenters. The highest BCUT2D eigenvalue weighted by Crippen LogP contribution is 2.24. The SMILES string of the molecule is O=S1Cc2ccc(S(=O)(=O)O)cc2C1. The van der Waals surface area contributed by atoms with Crippen LogP contribution in [-0.4, -0.2) is 17.2 Å². The fraction of sp³-hybridized carbons (Fsp3) is 0.250. The number of hydrogen-bond acceptors (Lipinski definition) is 3. The van der Waals surface area contributed by atoms with E-state index in [1.165, 1.54) is 12.1 Å². The lowest BCUT2D eigenvalue weighted by Crippen LogP contribution is -1.98. The van der Waals surface area contributed by atoms with Crippen molar-refractivity contribution in [3.05, 3.63) is 29.3 Å². The van der Waals surface area contributed by atoms with Crippen LogP contribution in [0.1, 0.15) is 11.1 Å². The lowest BCUT2D eigenvalue weighted by molar-refractivity contribution is 0.483. The Morgan fingerprint density at radius 2 is 1.86 bits per heavy atom. The molecule has 1 atom stereocenters. The Bertz CT molecular complexity index is 504. The summed E-state index contributed by atoms with van der Waals surface area (Å²) in [4.78, 5) is -0.129. The second-order valence-corrected chi connectivity index (χ2v) is 6.01. The fourth-order valence-corrected chi connectivity index (χ4v) is 3.31. The number of fused-ring (bicyclic) bond motifs is 1. The molecule has 1 heterocycles. The van der Waals surface area contributed by atoms with Crippen LogP contribution in [-0.2, 0) is 32.4 Å². The van der Waals surface area contributed by atoms with Crippen molar-refractivity contribution in [1.82, 2.24) is 0 Å². The van der Waals surface area contributed by atoms with E-state index in [1.54, 1.807) is 6.07 Å². The summed E-state index contributed by atoms with van der Waals surface area (Å²) >= 11 is 0. The monoisotopic (exact) mass is 232 g/mol. The van der Waals surface area contributed by atoms with Crippen LogP contribution in [0, 0.1) is 0 Å². The second kappa shape index (κ2) is 3.15. The van der Waals surface area contributed by atoms with Gasteiger partial charge in [-0.15, -0.1) is 0 Å². The van der Waals surface area contributed by atoms with Crippen LogP contribution in [0.5, 0.6) is 0 Å². The van der Waals surface area contributed by atoms with Crippen molar-refractivity contribution in [2.75, 3.05) is 0 Å². The first-order valence-corrected chi connectivity index (χ1v) is 6.84. The van der Waals surface area contributed by atoms with Crippen LogP contribution < -0.4 is 0 Å². The highest BCUT2D eigenvalue weighted by molar-refractivity contribution is 7.86. The van der Waals surface area contributed by atoms with E-state index in [-0.39, 0.29) is 4.90 Å². The standard InChI is InChI=1S/C8H8O4S2/c9-13-4-6-1-2-8(14(10,11)12)3-7(6)5-13/h1-3H,4-5H2,(H,10,11,12). The smallest absolute Gasteiger partial charge is 0.282 e. The largest absolute Gasteiger partial charge is 0.294 e. The third-order valence-electron chi connectivity index (χ3n) is 2.11. The average molecular weight is 232 g/mol. The van der Waals surface area contributed by atoms with Crippen molar-refractivity contribution < 1.29 is 17.2 Å². The Kier molecular flexibility index (Phi) is 2.21. The lowest BCUT2D eigenvalue weighted by Gasteiger charge is -2.00. The van der Waals surface area contributed by atoms with Crippen LogP contribution in [0.2, 0.25) is 0 Å². The summed E-state index contributed by atoms with van der Waals surface area (Å²) in [7, 11) is -5.07. The molecule has 1 aromatic rings. The Morgan fingerprint density at radius 3 is 2.50 bits per heavy atom. The van der Waals surface area contributed by atoms with E-state index in [4.69, 9.17) is 4.55 Å². The van der Waals surface area contributed by atoms with E-state index in [9.17, 15) is 12.6 Å². The maximum Gasteiger partial charge on any atom is 0.294 e. The minimum Gasteiger partial charge on any atom is -0.282 e. The summed E-state index contributed by atoms with van der Waals surface area (Å²) < 4.78 is 41.5. The van der Waals surface area contributed by atoms with Crippen molar-refractivity contribution in [3.63, 3.8) is 0 Å². The summed E-state index contributed by atoms with van der Waals surface area (Å²) in [6, 6.07) is 4.32. The topological polar surface area (TPSA) is 71.4 Å². The van der Waals surface area contributed by atoms with Gasteiger partial charge in [-0.3, -0.25) is 8.76 Å². The van der Waals surface area contributed by atoms with Crippen LogP contribution in [0.15, 0.2) is 23.1 Å². The molecule has 1 aromatic carbocycles. The molecular weight excluding hydrogens is 224 g/mol. The van der Waals surface area contributed by atoms with Crippen molar-refractivity contribution in [2.24, 2.45) is 0 Å².